The second-order valence-corrected chi connectivity index (χ2v) is 6.00. The molecule has 0 radical (unpaired) electrons. The number of phenols is 1. The van der Waals surface area contributed by atoms with Crippen LogP contribution in [0.3, 0.4) is 0 Å². The van der Waals surface area contributed by atoms with Gasteiger partial charge in [-0.15, -0.1) is 11.6 Å². The molecule has 0 aliphatic heterocycles. The fourth-order valence-corrected chi connectivity index (χ4v) is 3.23. The standard InChI is InChI=1S/C15H19ClFNO2/c1-10-3-2-6-15(8-10,9-16)18-14(20)12-5-4-11(19)7-13(12)17/h4-5,7,10,19H,2-3,6,8-9H2,1H3,(H,18,20). The predicted octanol–water partition coefficient (Wildman–Crippen LogP) is 3.45. The van der Waals surface area contributed by atoms with Crippen LogP contribution in [-0.2, 0) is 0 Å². The van der Waals surface area contributed by atoms with Crippen molar-refractivity contribution < 1.29 is 14.3 Å². The summed E-state index contributed by atoms with van der Waals surface area (Å²) in [5, 5.41) is 12.1. The Hall–Kier alpha value is -1.29. The minimum absolute atomic E-state index is 0.0643. The third-order valence-corrected chi connectivity index (χ3v) is 4.43. The van der Waals surface area contributed by atoms with Gasteiger partial charge in [0.2, 0.25) is 0 Å². The molecular weight excluding hydrogens is 281 g/mol. The van der Waals surface area contributed by atoms with Crippen molar-refractivity contribution >= 4 is 17.5 Å². The summed E-state index contributed by atoms with van der Waals surface area (Å²) in [6.07, 6.45) is 3.75. The number of carbonyl (C=O) groups excluding carboxylic acids is 1. The molecule has 1 amide bonds. The Labute approximate surface area is 123 Å². The van der Waals surface area contributed by atoms with Crippen molar-refractivity contribution in [2.45, 2.75) is 38.1 Å². The van der Waals surface area contributed by atoms with Crippen LogP contribution in [0, 0.1) is 11.7 Å². The van der Waals surface area contributed by atoms with Gasteiger partial charge in [-0.05, 0) is 30.9 Å². The molecule has 2 rings (SSSR count). The van der Waals surface area contributed by atoms with E-state index >= 15 is 0 Å². The van der Waals surface area contributed by atoms with Crippen LogP contribution in [0.2, 0.25) is 0 Å². The largest absolute Gasteiger partial charge is 0.508 e. The van der Waals surface area contributed by atoms with Crippen LogP contribution in [-0.4, -0.2) is 22.4 Å². The van der Waals surface area contributed by atoms with Gasteiger partial charge in [-0.1, -0.05) is 19.8 Å². The first-order chi connectivity index (χ1) is 9.46. The smallest absolute Gasteiger partial charge is 0.254 e. The highest BCUT2D eigenvalue weighted by Crippen LogP contribution is 2.33. The molecule has 2 N–H and O–H groups in total. The van der Waals surface area contributed by atoms with E-state index in [4.69, 9.17) is 11.6 Å². The topological polar surface area (TPSA) is 49.3 Å². The summed E-state index contributed by atoms with van der Waals surface area (Å²) in [5.41, 5.74) is -0.522. The molecule has 1 aromatic carbocycles. The Morgan fingerprint density at radius 2 is 2.35 bits per heavy atom. The molecule has 1 fully saturated rings. The van der Waals surface area contributed by atoms with Crippen molar-refractivity contribution in [3.63, 3.8) is 0 Å². The Balaban J connectivity index is 2.16. The van der Waals surface area contributed by atoms with Crippen LogP contribution >= 0.6 is 11.6 Å². The first kappa shape index (κ1) is 15.1. The van der Waals surface area contributed by atoms with E-state index in [0.717, 1.165) is 31.7 Å². The van der Waals surface area contributed by atoms with Gasteiger partial charge in [0, 0.05) is 11.9 Å². The summed E-state index contributed by atoms with van der Waals surface area (Å²) in [5.74, 6) is -0.582. The first-order valence-corrected chi connectivity index (χ1v) is 7.36. The third-order valence-electron chi connectivity index (χ3n) is 3.92. The number of halogens is 2. The van der Waals surface area contributed by atoms with Crippen LogP contribution in [0.1, 0.15) is 43.0 Å². The highest BCUT2D eigenvalue weighted by Gasteiger charge is 2.36. The SMILES string of the molecule is CC1CCCC(CCl)(NC(=O)c2ccc(O)cc2F)C1. The molecule has 110 valence electrons. The van der Waals surface area contributed by atoms with Gasteiger partial charge >= 0.3 is 0 Å². The quantitative estimate of drug-likeness (QED) is 0.840. The first-order valence-electron chi connectivity index (χ1n) is 6.83. The van der Waals surface area contributed by atoms with Gasteiger partial charge in [0.15, 0.2) is 0 Å². The van der Waals surface area contributed by atoms with E-state index in [1.165, 1.54) is 12.1 Å². The summed E-state index contributed by atoms with van der Waals surface area (Å²) in [7, 11) is 0. The zero-order valence-electron chi connectivity index (χ0n) is 11.5. The van der Waals surface area contributed by atoms with Crippen molar-refractivity contribution in [2.75, 3.05) is 5.88 Å². The van der Waals surface area contributed by atoms with Gasteiger partial charge in [0.25, 0.3) is 5.91 Å². The number of amides is 1. The van der Waals surface area contributed by atoms with E-state index in [-0.39, 0.29) is 11.3 Å². The molecule has 0 saturated heterocycles. The van der Waals surface area contributed by atoms with E-state index in [1.54, 1.807) is 0 Å². The Morgan fingerprint density at radius 3 is 2.95 bits per heavy atom. The molecule has 1 aromatic rings. The number of hydrogen-bond acceptors (Lipinski definition) is 2. The predicted molar refractivity (Wildman–Crippen MR) is 76.6 cm³/mol. The number of carbonyl (C=O) groups is 1. The van der Waals surface area contributed by atoms with Crippen LogP contribution in [0.5, 0.6) is 5.75 Å². The van der Waals surface area contributed by atoms with Crippen LogP contribution < -0.4 is 5.32 Å². The number of aromatic hydroxyl groups is 1. The molecule has 0 bridgehead atoms. The number of benzene rings is 1. The molecular formula is C15H19ClFNO2. The van der Waals surface area contributed by atoms with Crippen LogP contribution in [0.25, 0.3) is 0 Å². The summed E-state index contributed by atoms with van der Waals surface area (Å²) in [4.78, 5) is 12.2. The van der Waals surface area contributed by atoms with E-state index in [9.17, 15) is 14.3 Å². The molecule has 1 aliphatic rings. The van der Waals surface area contributed by atoms with Crippen molar-refractivity contribution in [3.05, 3.63) is 29.6 Å². The van der Waals surface area contributed by atoms with Crippen LogP contribution in [0.15, 0.2) is 18.2 Å². The van der Waals surface area contributed by atoms with Gasteiger partial charge in [-0.25, -0.2) is 4.39 Å². The fraction of sp³-hybridized carbons (Fsp3) is 0.533. The fourth-order valence-electron chi connectivity index (χ4n) is 2.92. The molecule has 3 nitrogen and oxygen atoms in total. The van der Waals surface area contributed by atoms with E-state index in [2.05, 4.69) is 12.2 Å². The van der Waals surface area contributed by atoms with Crippen molar-refractivity contribution in [3.8, 4) is 5.75 Å². The normalized spacial score (nSPS) is 26.2. The average Bonchev–Trinajstić information content (AvgIpc) is 2.38. The van der Waals surface area contributed by atoms with E-state index in [0.29, 0.717) is 11.8 Å². The molecule has 2 atom stereocenters. The summed E-state index contributed by atoms with van der Waals surface area (Å²) in [6, 6.07) is 3.52. The lowest BCUT2D eigenvalue weighted by Crippen LogP contribution is -2.52. The Kier molecular flexibility index (Phi) is 4.53. The van der Waals surface area contributed by atoms with E-state index < -0.39 is 17.3 Å². The van der Waals surface area contributed by atoms with Gasteiger partial charge in [0.05, 0.1) is 11.1 Å². The third kappa shape index (κ3) is 3.23. The highest BCUT2D eigenvalue weighted by atomic mass is 35.5. The lowest BCUT2D eigenvalue weighted by molar-refractivity contribution is 0.0863. The Morgan fingerprint density at radius 1 is 1.60 bits per heavy atom. The minimum atomic E-state index is -0.726. The maximum absolute atomic E-state index is 13.7. The average molecular weight is 300 g/mol. The molecule has 5 heteroatoms. The van der Waals surface area contributed by atoms with Gasteiger partial charge in [-0.3, -0.25) is 4.79 Å². The molecule has 0 spiro atoms. The molecule has 0 heterocycles. The summed E-state index contributed by atoms with van der Waals surface area (Å²) >= 11 is 6.05. The Bertz CT molecular complexity index is 509. The molecule has 2 unspecified atom stereocenters. The second-order valence-electron chi connectivity index (χ2n) is 5.73. The van der Waals surface area contributed by atoms with Crippen molar-refractivity contribution in [1.29, 1.82) is 0 Å². The van der Waals surface area contributed by atoms with Crippen molar-refractivity contribution in [2.24, 2.45) is 5.92 Å². The lowest BCUT2D eigenvalue weighted by atomic mass is 9.77. The number of hydrogen-bond donors (Lipinski definition) is 2. The monoisotopic (exact) mass is 299 g/mol. The van der Waals surface area contributed by atoms with Crippen molar-refractivity contribution in [1.82, 2.24) is 5.32 Å². The second kappa shape index (κ2) is 6.00. The lowest BCUT2D eigenvalue weighted by Gasteiger charge is -2.39. The summed E-state index contributed by atoms with van der Waals surface area (Å²) < 4.78 is 13.7. The molecule has 0 aromatic heterocycles. The highest BCUT2D eigenvalue weighted by molar-refractivity contribution is 6.19. The van der Waals surface area contributed by atoms with Gasteiger partial charge in [0.1, 0.15) is 11.6 Å². The minimum Gasteiger partial charge on any atom is -0.508 e. The number of rotatable bonds is 3. The van der Waals surface area contributed by atoms with E-state index in [1.807, 2.05) is 0 Å². The molecule has 20 heavy (non-hydrogen) atoms. The number of nitrogens with one attached hydrogen (secondary N) is 1. The van der Waals surface area contributed by atoms with Gasteiger partial charge < -0.3 is 10.4 Å². The zero-order valence-corrected chi connectivity index (χ0v) is 12.2. The maximum Gasteiger partial charge on any atom is 0.254 e. The number of phenolic OH excluding ortho intramolecular Hbond substituents is 1. The van der Waals surface area contributed by atoms with Gasteiger partial charge in [-0.2, -0.15) is 0 Å². The molecule has 1 aliphatic carbocycles. The summed E-state index contributed by atoms with van der Waals surface area (Å²) in [6.45, 7) is 2.13. The maximum atomic E-state index is 13.7. The number of alkyl halides is 1. The zero-order chi connectivity index (χ0) is 14.8. The molecule has 1 saturated carbocycles. The van der Waals surface area contributed by atoms with Crippen LogP contribution in [0.4, 0.5) is 4.39 Å².